The zero-order valence-electron chi connectivity index (χ0n) is 15.0. The Kier molecular flexibility index (Phi) is 5.69. The van der Waals surface area contributed by atoms with Crippen molar-refractivity contribution in [2.24, 2.45) is 0 Å². The van der Waals surface area contributed by atoms with Crippen LogP contribution < -0.4 is 14.8 Å². The van der Waals surface area contributed by atoms with Crippen LogP contribution in [-0.2, 0) is 17.6 Å². The van der Waals surface area contributed by atoms with Gasteiger partial charge >= 0.3 is 0 Å². The number of amides is 1. The first-order valence-electron chi connectivity index (χ1n) is 8.51. The fourth-order valence-corrected chi connectivity index (χ4v) is 2.94. The highest BCUT2D eigenvalue weighted by molar-refractivity contribution is 5.82. The van der Waals surface area contributed by atoms with E-state index in [1.54, 1.807) is 20.4 Å². The van der Waals surface area contributed by atoms with Crippen molar-refractivity contribution in [2.45, 2.75) is 12.8 Å². The van der Waals surface area contributed by atoms with Crippen LogP contribution >= 0.6 is 0 Å². The summed E-state index contributed by atoms with van der Waals surface area (Å²) in [5, 5.41) is 4.08. The van der Waals surface area contributed by atoms with Crippen molar-refractivity contribution in [3.8, 4) is 11.5 Å². The number of pyridine rings is 1. The van der Waals surface area contributed by atoms with Gasteiger partial charge in [0.15, 0.2) is 11.5 Å². The van der Waals surface area contributed by atoms with E-state index in [9.17, 15) is 4.79 Å². The number of benzene rings is 2. The summed E-state index contributed by atoms with van der Waals surface area (Å²) in [5.41, 5.74) is 3.01. The molecule has 1 N–H and O–H groups in total. The van der Waals surface area contributed by atoms with E-state index >= 15 is 0 Å². The molecule has 1 amide bonds. The second-order valence-electron chi connectivity index (χ2n) is 5.96. The van der Waals surface area contributed by atoms with E-state index in [0.29, 0.717) is 24.5 Å². The first kappa shape index (κ1) is 17.7. The minimum atomic E-state index is -0.0228. The number of methoxy groups -OCH3 is 2. The van der Waals surface area contributed by atoms with Crippen LogP contribution in [-0.4, -0.2) is 31.7 Å². The van der Waals surface area contributed by atoms with Crippen LogP contribution in [0.15, 0.2) is 54.7 Å². The first-order valence-corrected chi connectivity index (χ1v) is 8.51. The summed E-state index contributed by atoms with van der Waals surface area (Å²) in [6.07, 6.45) is 2.83. The van der Waals surface area contributed by atoms with Crippen LogP contribution in [0.1, 0.15) is 11.1 Å². The number of rotatable bonds is 7. The highest BCUT2D eigenvalue weighted by Crippen LogP contribution is 2.27. The van der Waals surface area contributed by atoms with Crippen molar-refractivity contribution in [3.05, 3.63) is 65.9 Å². The van der Waals surface area contributed by atoms with Crippen LogP contribution in [0.5, 0.6) is 11.5 Å². The zero-order chi connectivity index (χ0) is 18.4. The van der Waals surface area contributed by atoms with Crippen molar-refractivity contribution < 1.29 is 14.3 Å². The topological polar surface area (TPSA) is 60.5 Å². The molecule has 0 bridgehead atoms. The minimum absolute atomic E-state index is 0.0228. The van der Waals surface area contributed by atoms with Crippen LogP contribution in [0.4, 0.5) is 0 Å². The third kappa shape index (κ3) is 4.11. The lowest BCUT2D eigenvalue weighted by atomic mass is 10.1. The number of nitrogens with zero attached hydrogens (tertiary/aromatic N) is 1. The average molecular weight is 350 g/mol. The predicted octanol–water partition coefficient (Wildman–Crippen LogP) is 3.15. The molecule has 5 nitrogen and oxygen atoms in total. The monoisotopic (exact) mass is 350 g/mol. The maximum absolute atomic E-state index is 12.2. The molecule has 0 unspecified atom stereocenters. The average Bonchev–Trinajstić information content (AvgIpc) is 2.68. The number of para-hydroxylation sites is 1. The van der Waals surface area contributed by atoms with Gasteiger partial charge in [0, 0.05) is 18.1 Å². The molecule has 0 spiro atoms. The van der Waals surface area contributed by atoms with Gasteiger partial charge in [0.2, 0.25) is 5.91 Å². The smallest absolute Gasteiger partial charge is 0.224 e. The highest BCUT2D eigenvalue weighted by atomic mass is 16.5. The molecule has 1 heterocycles. The Hall–Kier alpha value is -3.08. The van der Waals surface area contributed by atoms with Crippen molar-refractivity contribution in [1.29, 1.82) is 0 Å². The fraction of sp³-hybridized carbons (Fsp3) is 0.238. The Morgan fingerprint density at radius 3 is 2.65 bits per heavy atom. The zero-order valence-corrected chi connectivity index (χ0v) is 15.0. The molecule has 0 aliphatic rings. The maximum atomic E-state index is 12.2. The van der Waals surface area contributed by atoms with E-state index < -0.39 is 0 Å². The van der Waals surface area contributed by atoms with Gasteiger partial charge in [0.25, 0.3) is 0 Å². The number of ether oxygens (including phenoxy) is 2. The van der Waals surface area contributed by atoms with E-state index in [4.69, 9.17) is 9.47 Å². The van der Waals surface area contributed by atoms with Gasteiger partial charge in [0.1, 0.15) is 0 Å². The van der Waals surface area contributed by atoms with Gasteiger partial charge in [0.05, 0.1) is 26.2 Å². The van der Waals surface area contributed by atoms with Crippen molar-refractivity contribution in [1.82, 2.24) is 10.3 Å². The predicted molar refractivity (Wildman–Crippen MR) is 102 cm³/mol. The number of hydrogen-bond acceptors (Lipinski definition) is 4. The Labute approximate surface area is 153 Å². The van der Waals surface area contributed by atoms with E-state index in [2.05, 4.69) is 16.4 Å². The molecule has 134 valence electrons. The Morgan fingerprint density at radius 1 is 1.04 bits per heavy atom. The van der Waals surface area contributed by atoms with Crippen molar-refractivity contribution in [2.75, 3.05) is 20.8 Å². The summed E-state index contributed by atoms with van der Waals surface area (Å²) in [7, 11) is 3.17. The van der Waals surface area contributed by atoms with Gasteiger partial charge in [-0.05, 0) is 35.7 Å². The molecule has 0 aliphatic heterocycles. The second-order valence-corrected chi connectivity index (χ2v) is 5.96. The highest BCUT2D eigenvalue weighted by Gasteiger charge is 2.09. The minimum Gasteiger partial charge on any atom is -0.493 e. The molecule has 0 radical (unpaired) electrons. The number of carbonyl (C=O) groups is 1. The molecular formula is C21H22N2O3. The molecule has 5 heteroatoms. The van der Waals surface area contributed by atoms with Gasteiger partial charge in [-0.15, -0.1) is 0 Å². The molecule has 3 rings (SSSR count). The standard InChI is InChI=1S/C21H22N2O3/c1-25-18-9-8-15(13-19(18)26-2)14-20(24)22-12-10-17-6-3-5-16-7-4-11-23-21(16)17/h3-9,11,13H,10,12,14H2,1-2H3,(H,22,24). The fourth-order valence-electron chi connectivity index (χ4n) is 2.94. The normalized spacial score (nSPS) is 10.5. The lowest BCUT2D eigenvalue weighted by Gasteiger charge is -2.10. The number of nitrogens with one attached hydrogen (secondary N) is 1. The van der Waals surface area contributed by atoms with Crippen LogP contribution in [0.2, 0.25) is 0 Å². The van der Waals surface area contributed by atoms with E-state index in [0.717, 1.165) is 28.5 Å². The molecule has 3 aromatic rings. The Morgan fingerprint density at radius 2 is 1.85 bits per heavy atom. The quantitative estimate of drug-likeness (QED) is 0.711. The molecule has 2 aromatic carbocycles. The van der Waals surface area contributed by atoms with Gasteiger partial charge in [-0.1, -0.05) is 30.3 Å². The summed E-state index contributed by atoms with van der Waals surface area (Å²) in [6, 6.07) is 15.6. The van der Waals surface area contributed by atoms with Crippen LogP contribution in [0.25, 0.3) is 10.9 Å². The molecule has 0 saturated heterocycles. The lowest BCUT2D eigenvalue weighted by molar-refractivity contribution is -0.120. The number of carbonyl (C=O) groups excluding carboxylic acids is 1. The van der Waals surface area contributed by atoms with Crippen molar-refractivity contribution >= 4 is 16.8 Å². The van der Waals surface area contributed by atoms with Crippen LogP contribution in [0, 0.1) is 0 Å². The van der Waals surface area contributed by atoms with Gasteiger partial charge in [-0.3, -0.25) is 9.78 Å². The van der Waals surface area contributed by atoms with E-state index in [-0.39, 0.29) is 5.91 Å². The Bertz CT molecular complexity index is 903. The van der Waals surface area contributed by atoms with Gasteiger partial charge < -0.3 is 14.8 Å². The third-order valence-electron chi connectivity index (χ3n) is 4.25. The second kappa shape index (κ2) is 8.34. The molecule has 1 aromatic heterocycles. The molecular weight excluding hydrogens is 328 g/mol. The summed E-state index contributed by atoms with van der Waals surface area (Å²) >= 11 is 0. The van der Waals surface area contributed by atoms with Gasteiger partial charge in [-0.2, -0.15) is 0 Å². The van der Waals surface area contributed by atoms with Gasteiger partial charge in [-0.25, -0.2) is 0 Å². The summed E-state index contributed by atoms with van der Waals surface area (Å²) in [6.45, 7) is 0.571. The summed E-state index contributed by atoms with van der Waals surface area (Å²) < 4.78 is 10.5. The molecule has 26 heavy (non-hydrogen) atoms. The molecule has 0 aliphatic carbocycles. The van der Waals surface area contributed by atoms with Crippen molar-refractivity contribution in [3.63, 3.8) is 0 Å². The molecule has 0 fully saturated rings. The Balaban J connectivity index is 1.57. The number of hydrogen-bond donors (Lipinski definition) is 1. The van der Waals surface area contributed by atoms with E-state index in [1.807, 2.05) is 42.5 Å². The van der Waals surface area contributed by atoms with Crippen LogP contribution in [0.3, 0.4) is 0 Å². The SMILES string of the molecule is COc1ccc(CC(=O)NCCc2cccc3cccnc23)cc1OC. The number of aromatic nitrogens is 1. The molecule has 0 saturated carbocycles. The van der Waals surface area contributed by atoms with E-state index in [1.165, 1.54) is 0 Å². The lowest BCUT2D eigenvalue weighted by Crippen LogP contribution is -2.27. The largest absolute Gasteiger partial charge is 0.493 e. The summed E-state index contributed by atoms with van der Waals surface area (Å²) in [5.74, 6) is 1.25. The third-order valence-corrected chi connectivity index (χ3v) is 4.25. The molecule has 0 atom stereocenters. The summed E-state index contributed by atoms with van der Waals surface area (Å²) in [4.78, 5) is 16.7. The number of fused-ring (bicyclic) bond motifs is 1. The maximum Gasteiger partial charge on any atom is 0.224 e. The first-order chi connectivity index (χ1) is 12.7.